The van der Waals surface area contributed by atoms with Gasteiger partial charge in [0.05, 0.1) is 12.0 Å². The Labute approximate surface area is 227 Å². The summed E-state index contributed by atoms with van der Waals surface area (Å²) >= 11 is 0. The zero-order chi connectivity index (χ0) is 27.8. The minimum atomic E-state index is -1.04. The van der Waals surface area contributed by atoms with E-state index in [9.17, 15) is 19.1 Å². The number of piperidine rings is 1. The predicted molar refractivity (Wildman–Crippen MR) is 149 cm³/mol. The minimum absolute atomic E-state index is 0.0237. The molecule has 6 nitrogen and oxygen atoms in total. The molecule has 7 heteroatoms. The number of carbonyl (C=O) groups is 2. The highest BCUT2D eigenvalue weighted by Gasteiger charge is 2.32. The molecule has 0 aromatic heterocycles. The van der Waals surface area contributed by atoms with Crippen molar-refractivity contribution in [2.75, 3.05) is 32.7 Å². The summed E-state index contributed by atoms with van der Waals surface area (Å²) in [6, 6.07) is 16.0. The number of hydrogen-bond donors (Lipinski definition) is 2. The van der Waals surface area contributed by atoms with Gasteiger partial charge in [-0.2, -0.15) is 0 Å². The second kappa shape index (κ2) is 13.3. The van der Waals surface area contributed by atoms with Crippen LogP contribution in [-0.4, -0.2) is 65.5 Å². The van der Waals surface area contributed by atoms with Gasteiger partial charge in [-0.15, -0.1) is 0 Å². The van der Waals surface area contributed by atoms with Crippen LogP contribution < -0.4 is 5.32 Å². The molecule has 3 rings (SSSR count). The lowest BCUT2D eigenvalue weighted by molar-refractivity contribution is -0.133. The Balaban J connectivity index is 1.54. The predicted octanol–water partition coefficient (Wildman–Crippen LogP) is 4.51. The minimum Gasteiger partial charge on any atom is -0.385 e. The zero-order valence-corrected chi connectivity index (χ0v) is 23.4. The molecular formula is C31H44FN3O3. The maximum absolute atomic E-state index is 13.2. The molecule has 2 aromatic carbocycles. The number of likely N-dealkylation sites (tertiary alicyclic amines) is 1. The average Bonchev–Trinajstić information content (AvgIpc) is 2.90. The van der Waals surface area contributed by atoms with Crippen LogP contribution in [0.2, 0.25) is 0 Å². The van der Waals surface area contributed by atoms with Crippen LogP contribution in [0.15, 0.2) is 54.6 Å². The molecule has 2 aromatic rings. The third-order valence-corrected chi connectivity index (χ3v) is 7.59. The van der Waals surface area contributed by atoms with Crippen LogP contribution in [0.1, 0.15) is 64.5 Å². The van der Waals surface area contributed by atoms with Gasteiger partial charge >= 0.3 is 0 Å². The normalized spacial score (nSPS) is 16.6. The zero-order valence-electron chi connectivity index (χ0n) is 23.4. The van der Waals surface area contributed by atoms with Crippen molar-refractivity contribution in [3.8, 4) is 0 Å². The largest absolute Gasteiger partial charge is 0.385 e. The first-order valence-electron chi connectivity index (χ1n) is 13.8. The van der Waals surface area contributed by atoms with Gasteiger partial charge in [0.15, 0.2) is 0 Å². The molecule has 2 amide bonds. The Morgan fingerprint density at radius 2 is 1.66 bits per heavy atom. The van der Waals surface area contributed by atoms with Gasteiger partial charge in [0.1, 0.15) is 5.82 Å². The molecule has 1 aliphatic heterocycles. The lowest BCUT2D eigenvalue weighted by Crippen LogP contribution is -2.48. The number of aliphatic hydroxyl groups is 1. The van der Waals surface area contributed by atoms with E-state index in [1.54, 1.807) is 12.1 Å². The Bertz CT molecular complexity index is 1030. The molecule has 1 saturated heterocycles. The molecule has 2 N–H and O–H groups in total. The van der Waals surface area contributed by atoms with E-state index in [4.69, 9.17) is 0 Å². The first-order chi connectivity index (χ1) is 18.0. The first-order valence-corrected chi connectivity index (χ1v) is 13.8. The molecular weight excluding hydrogens is 481 g/mol. The number of halogens is 1. The summed E-state index contributed by atoms with van der Waals surface area (Å²) in [6.45, 7) is 11.2. The quantitative estimate of drug-likeness (QED) is 0.453. The van der Waals surface area contributed by atoms with Crippen molar-refractivity contribution in [1.82, 2.24) is 15.1 Å². The van der Waals surface area contributed by atoms with E-state index in [2.05, 4.69) is 10.2 Å². The van der Waals surface area contributed by atoms with Gasteiger partial charge in [-0.1, -0.05) is 63.2 Å². The van der Waals surface area contributed by atoms with E-state index in [1.165, 1.54) is 12.1 Å². The Morgan fingerprint density at radius 1 is 1.03 bits per heavy atom. The van der Waals surface area contributed by atoms with Crippen LogP contribution in [0, 0.1) is 11.2 Å². The smallest absolute Gasteiger partial charge is 0.227 e. The van der Waals surface area contributed by atoms with Gasteiger partial charge in [-0.3, -0.25) is 9.59 Å². The summed E-state index contributed by atoms with van der Waals surface area (Å²) in [6.07, 6.45) is 3.05. The number of nitrogens with one attached hydrogen (secondary N) is 1. The van der Waals surface area contributed by atoms with Crippen LogP contribution in [0.4, 0.5) is 4.39 Å². The molecule has 38 heavy (non-hydrogen) atoms. The Kier molecular flexibility index (Phi) is 10.5. The summed E-state index contributed by atoms with van der Waals surface area (Å²) in [5.74, 6) is -0.243. The highest BCUT2D eigenvalue weighted by Crippen LogP contribution is 2.30. The molecule has 1 atom stereocenters. The lowest BCUT2D eigenvalue weighted by Gasteiger charge is -2.39. The average molecular weight is 526 g/mol. The molecule has 1 heterocycles. The van der Waals surface area contributed by atoms with Gasteiger partial charge in [0.25, 0.3) is 0 Å². The van der Waals surface area contributed by atoms with E-state index < -0.39 is 11.0 Å². The number of nitrogens with zero attached hydrogens (tertiary/aromatic N) is 2. The summed E-state index contributed by atoms with van der Waals surface area (Å²) in [7, 11) is 0. The molecule has 0 bridgehead atoms. The summed E-state index contributed by atoms with van der Waals surface area (Å²) in [4.78, 5) is 29.6. The molecule has 0 radical (unpaired) electrons. The summed E-state index contributed by atoms with van der Waals surface area (Å²) in [5.41, 5.74) is 0.181. The van der Waals surface area contributed by atoms with Crippen LogP contribution in [0.3, 0.4) is 0 Å². The van der Waals surface area contributed by atoms with E-state index in [-0.39, 0.29) is 30.1 Å². The van der Waals surface area contributed by atoms with Gasteiger partial charge < -0.3 is 20.2 Å². The monoisotopic (exact) mass is 525 g/mol. The number of benzene rings is 2. The fraction of sp³-hybridized carbons (Fsp3) is 0.548. The van der Waals surface area contributed by atoms with E-state index in [0.717, 1.165) is 43.6 Å². The van der Waals surface area contributed by atoms with Crippen molar-refractivity contribution >= 4 is 11.8 Å². The molecule has 1 aliphatic rings. The van der Waals surface area contributed by atoms with Gasteiger partial charge in [-0.25, -0.2) is 4.39 Å². The summed E-state index contributed by atoms with van der Waals surface area (Å²) < 4.78 is 13.2. The van der Waals surface area contributed by atoms with Crippen molar-refractivity contribution in [3.05, 3.63) is 71.5 Å². The van der Waals surface area contributed by atoms with Crippen LogP contribution in [0.25, 0.3) is 0 Å². The van der Waals surface area contributed by atoms with E-state index in [0.29, 0.717) is 25.9 Å². The SMILES string of the molecule is CCN(C(=O)Cc1ccc(F)cc1)C1CCN(CCC(O)(CCNC(=O)C(C)(C)C)c2ccccc2)CC1. The number of amides is 2. The van der Waals surface area contributed by atoms with Crippen molar-refractivity contribution in [3.63, 3.8) is 0 Å². The van der Waals surface area contributed by atoms with Crippen molar-refractivity contribution in [2.45, 2.75) is 71.4 Å². The summed E-state index contributed by atoms with van der Waals surface area (Å²) in [5, 5.41) is 14.7. The van der Waals surface area contributed by atoms with E-state index in [1.807, 2.05) is 62.9 Å². The van der Waals surface area contributed by atoms with Gasteiger partial charge in [0.2, 0.25) is 11.8 Å². The van der Waals surface area contributed by atoms with Crippen molar-refractivity contribution in [1.29, 1.82) is 0 Å². The van der Waals surface area contributed by atoms with Gasteiger partial charge in [-0.05, 0) is 55.9 Å². The molecule has 0 saturated carbocycles. The van der Waals surface area contributed by atoms with Crippen LogP contribution >= 0.6 is 0 Å². The Hall–Kier alpha value is -2.77. The second-order valence-corrected chi connectivity index (χ2v) is 11.5. The lowest BCUT2D eigenvalue weighted by atomic mass is 9.86. The topological polar surface area (TPSA) is 72.9 Å². The first kappa shape index (κ1) is 29.8. The third kappa shape index (κ3) is 8.37. The second-order valence-electron chi connectivity index (χ2n) is 11.5. The highest BCUT2D eigenvalue weighted by atomic mass is 19.1. The number of likely N-dealkylation sites (N-methyl/N-ethyl adjacent to an activating group) is 1. The van der Waals surface area contributed by atoms with Gasteiger partial charge in [0, 0.05) is 44.2 Å². The highest BCUT2D eigenvalue weighted by molar-refractivity contribution is 5.81. The number of hydrogen-bond acceptors (Lipinski definition) is 4. The number of carbonyl (C=O) groups excluding carboxylic acids is 2. The molecule has 0 aliphatic carbocycles. The van der Waals surface area contributed by atoms with Crippen molar-refractivity contribution in [2.24, 2.45) is 5.41 Å². The van der Waals surface area contributed by atoms with Crippen molar-refractivity contribution < 1.29 is 19.1 Å². The maximum Gasteiger partial charge on any atom is 0.227 e. The molecule has 1 fully saturated rings. The Morgan fingerprint density at radius 3 is 2.24 bits per heavy atom. The molecule has 0 spiro atoms. The van der Waals surface area contributed by atoms with Crippen LogP contribution in [0.5, 0.6) is 0 Å². The van der Waals surface area contributed by atoms with Crippen LogP contribution in [-0.2, 0) is 21.6 Å². The molecule has 208 valence electrons. The number of rotatable bonds is 11. The third-order valence-electron chi connectivity index (χ3n) is 7.59. The van der Waals surface area contributed by atoms with E-state index >= 15 is 0 Å². The standard InChI is InChI=1S/C31H44FN3O3/c1-5-35(28(36)23-24-11-13-26(32)14-12-24)27-15-20-34(21-16-27)22-18-31(38,25-9-7-6-8-10-25)17-19-33-29(37)30(2,3)4/h6-14,27,38H,5,15-23H2,1-4H3,(H,33,37). The molecule has 1 unspecified atom stereocenters. The maximum atomic E-state index is 13.2. The fourth-order valence-corrected chi connectivity index (χ4v) is 5.12. The fourth-order valence-electron chi connectivity index (χ4n) is 5.12.